The fourth-order valence-electron chi connectivity index (χ4n) is 1.22. The summed E-state index contributed by atoms with van der Waals surface area (Å²) in [6.45, 7) is 3.41. The highest BCUT2D eigenvalue weighted by Gasteiger charge is 2.09. The van der Waals surface area contributed by atoms with Gasteiger partial charge in [0.25, 0.3) is 0 Å². The van der Waals surface area contributed by atoms with Crippen molar-refractivity contribution in [2.45, 2.75) is 32.2 Å². The lowest BCUT2D eigenvalue weighted by Gasteiger charge is -2.16. The summed E-state index contributed by atoms with van der Waals surface area (Å²) < 4.78 is 0. The van der Waals surface area contributed by atoms with Crippen molar-refractivity contribution in [3.05, 3.63) is 0 Å². The maximum atomic E-state index is 11.4. The maximum absolute atomic E-state index is 11.4. The summed E-state index contributed by atoms with van der Waals surface area (Å²) in [4.78, 5) is 13.4. The molecule has 0 saturated heterocycles. The van der Waals surface area contributed by atoms with E-state index in [1.165, 1.54) is 0 Å². The van der Waals surface area contributed by atoms with E-state index in [-0.39, 0.29) is 11.9 Å². The van der Waals surface area contributed by atoms with Gasteiger partial charge < -0.3 is 16.0 Å². The van der Waals surface area contributed by atoms with Crippen LogP contribution in [0.15, 0.2) is 0 Å². The average molecular weight is 201 g/mol. The number of hydrogen-bond donors (Lipinski definition) is 2. The van der Waals surface area contributed by atoms with Crippen LogP contribution >= 0.6 is 0 Å². The number of nitrogens with zero attached hydrogens (tertiary/aromatic N) is 1. The van der Waals surface area contributed by atoms with E-state index >= 15 is 0 Å². The van der Waals surface area contributed by atoms with Crippen LogP contribution in [0.1, 0.15) is 26.2 Å². The van der Waals surface area contributed by atoms with Crippen molar-refractivity contribution in [2.24, 2.45) is 5.73 Å². The summed E-state index contributed by atoms with van der Waals surface area (Å²) in [5.74, 6) is 0.0996. The Morgan fingerprint density at radius 1 is 1.50 bits per heavy atom. The normalized spacial score (nSPS) is 12.9. The smallest absolute Gasteiger partial charge is 0.221 e. The molecule has 0 aromatic carbocycles. The van der Waals surface area contributed by atoms with Crippen LogP contribution in [-0.4, -0.2) is 44.0 Å². The van der Waals surface area contributed by atoms with Crippen LogP contribution < -0.4 is 11.1 Å². The van der Waals surface area contributed by atoms with Gasteiger partial charge in [0.15, 0.2) is 0 Å². The SMILES string of the molecule is CCCC(CN)NC(=O)CCN(C)C. The zero-order valence-electron chi connectivity index (χ0n) is 9.55. The minimum atomic E-state index is 0.0996. The van der Waals surface area contributed by atoms with Crippen molar-refractivity contribution >= 4 is 5.91 Å². The molecular formula is C10H23N3O. The van der Waals surface area contributed by atoms with Gasteiger partial charge in [-0.1, -0.05) is 13.3 Å². The number of nitrogens with two attached hydrogens (primary N) is 1. The molecule has 0 heterocycles. The Balaban J connectivity index is 3.67. The van der Waals surface area contributed by atoms with E-state index in [0.29, 0.717) is 13.0 Å². The van der Waals surface area contributed by atoms with Crippen molar-refractivity contribution in [1.29, 1.82) is 0 Å². The monoisotopic (exact) mass is 201 g/mol. The zero-order chi connectivity index (χ0) is 11.0. The molecule has 1 amide bonds. The van der Waals surface area contributed by atoms with Crippen LogP contribution in [0, 0.1) is 0 Å². The lowest BCUT2D eigenvalue weighted by molar-refractivity contribution is -0.122. The molecule has 0 aliphatic carbocycles. The van der Waals surface area contributed by atoms with Crippen molar-refractivity contribution in [1.82, 2.24) is 10.2 Å². The molecule has 0 aliphatic heterocycles. The molecule has 0 radical (unpaired) electrons. The third kappa shape index (κ3) is 6.86. The fraction of sp³-hybridized carbons (Fsp3) is 0.900. The van der Waals surface area contributed by atoms with Gasteiger partial charge in [-0.2, -0.15) is 0 Å². The Labute approximate surface area is 86.8 Å². The number of carbonyl (C=O) groups is 1. The van der Waals surface area contributed by atoms with E-state index < -0.39 is 0 Å². The molecule has 0 aromatic heterocycles. The van der Waals surface area contributed by atoms with E-state index in [9.17, 15) is 4.79 Å². The van der Waals surface area contributed by atoms with E-state index in [1.54, 1.807) is 0 Å². The summed E-state index contributed by atoms with van der Waals surface area (Å²) >= 11 is 0. The number of rotatable bonds is 7. The highest BCUT2D eigenvalue weighted by Crippen LogP contribution is 1.95. The molecule has 0 spiro atoms. The van der Waals surface area contributed by atoms with Gasteiger partial charge in [-0.25, -0.2) is 0 Å². The Kier molecular flexibility index (Phi) is 7.42. The van der Waals surface area contributed by atoms with Crippen LogP contribution in [0.2, 0.25) is 0 Å². The second-order valence-corrected chi connectivity index (χ2v) is 3.84. The minimum Gasteiger partial charge on any atom is -0.352 e. The summed E-state index contributed by atoms with van der Waals surface area (Å²) in [6, 6.07) is 0.148. The van der Waals surface area contributed by atoms with E-state index in [4.69, 9.17) is 5.73 Å². The third-order valence-electron chi connectivity index (χ3n) is 2.07. The molecule has 0 fully saturated rings. The van der Waals surface area contributed by atoms with Gasteiger partial charge in [0.2, 0.25) is 5.91 Å². The number of nitrogens with one attached hydrogen (secondary N) is 1. The van der Waals surface area contributed by atoms with Crippen LogP contribution in [0.3, 0.4) is 0 Å². The minimum absolute atomic E-state index is 0.0996. The Hall–Kier alpha value is -0.610. The van der Waals surface area contributed by atoms with Crippen molar-refractivity contribution in [2.75, 3.05) is 27.2 Å². The van der Waals surface area contributed by atoms with Crippen molar-refractivity contribution in [3.63, 3.8) is 0 Å². The first-order chi connectivity index (χ1) is 6.60. The molecule has 0 bridgehead atoms. The largest absolute Gasteiger partial charge is 0.352 e. The van der Waals surface area contributed by atoms with Crippen LogP contribution in [0.5, 0.6) is 0 Å². The van der Waals surface area contributed by atoms with Gasteiger partial charge >= 0.3 is 0 Å². The van der Waals surface area contributed by atoms with E-state index in [1.807, 2.05) is 19.0 Å². The van der Waals surface area contributed by atoms with Gasteiger partial charge in [-0.05, 0) is 20.5 Å². The molecular weight excluding hydrogens is 178 g/mol. The third-order valence-corrected chi connectivity index (χ3v) is 2.07. The van der Waals surface area contributed by atoms with Gasteiger partial charge in [-0.3, -0.25) is 4.79 Å². The molecule has 0 aliphatic rings. The average Bonchev–Trinajstić information content (AvgIpc) is 2.14. The molecule has 4 heteroatoms. The molecule has 0 saturated carbocycles. The highest BCUT2D eigenvalue weighted by molar-refractivity contribution is 5.76. The molecule has 1 unspecified atom stereocenters. The second kappa shape index (κ2) is 7.76. The van der Waals surface area contributed by atoms with Gasteiger partial charge in [-0.15, -0.1) is 0 Å². The first-order valence-corrected chi connectivity index (χ1v) is 5.24. The lowest BCUT2D eigenvalue weighted by atomic mass is 10.1. The first kappa shape index (κ1) is 13.4. The standard InChI is InChI=1S/C10H23N3O/c1-4-5-9(8-11)12-10(14)6-7-13(2)3/h9H,4-8,11H2,1-3H3,(H,12,14). The van der Waals surface area contributed by atoms with Gasteiger partial charge in [0.1, 0.15) is 0 Å². The summed E-state index contributed by atoms with van der Waals surface area (Å²) in [6.07, 6.45) is 2.56. The number of hydrogen-bond acceptors (Lipinski definition) is 3. The molecule has 3 N–H and O–H groups in total. The molecule has 0 aromatic rings. The second-order valence-electron chi connectivity index (χ2n) is 3.84. The maximum Gasteiger partial charge on any atom is 0.221 e. The number of amides is 1. The van der Waals surface area contributed by atoms with Crippen LogP contribution in [0.25, 0.3) is 0 Å². The van der Waals surface area contributed by atoms with Crippen LogP contribution in [-0.2, 0) is 4.79 Å². The topological polar surface area (TPSA) is 58.4 Å². The quantitative estimate of drug-likeness (QED) is 0.618. The van der Waals surface area contributed by atoms with Gasteiger partial charge in [0, 0.05) is 25.6 Å². The van der Waals surface area contributed by atoms with Gasteiger partial charge in [0.05, 0.1) is 0 Å². The summed E-state index contributed by atoms with van der Waals surface area (Å²) in [5, 5.41) is 2.93. The predicted octanol–water partition coefficient (Wildman–Crippen LogP) is 0.182. The first-order valence-electron chi connectivity index (χ1n) is 5.24. The highest BCUT2D eigenvalue weighted by atomic mass is 16.1. The molecule has 4 nitrogen and oxygen atoms in total. The fourth-order valence-corrected chi connectivity index (χ4v) is 1.22. The molecule has 14 heavy (non-hydrogen) atoms. The summed E-state index contributed by atoms with van der Waals surface area (Å²) in [7, 11) is 3.92. The molecule has 0 rings (SSSR count). The summed E-state index contributed by atoms with van der Waals surface area (Å²) in [5.41, 5.74) is 5.54. The van der Waals surface area contributed by atoms with E-state index in [2.05, 4.69) is 12.2 Å². The van der Waals surface area contributed by atoms with E-state index in [0.717, 1.165) is 19.4 Å². The van der Waals surface area contributed by atoms with Crippen LogP contribution in [0.4, 0.5) is 0 Å². The predicted molar refractivity (Wildman–Crippen MR) is 59.1 cm³/mol. The Morgan fingerprint density at radius 2 is 2.14 bits per heavy atom. The van der Waals surface area contributed by atoms with Crippen molar-refractivity contribution in [3.8, 4) is 0 Å². The number of carbonyl (C=O) groups excluding carboxylic acids is 1. The Bertz CT molecular complexity index is 159. The molecule has 1 atom stereocenters. The van der Waals surface area contributed by atoms with Crippen molar-refractivity contribution < 1.29 is 4.79 Å². The Morgan fingerprint density at radius 3 is 2.57 bits per heavy atom. The lowest BCUT2D eigenvalue weighted by Crippen LogP contribution is -2.40. The zero-order valence-corrected chi connectivity index (χ0v) is 9.55. The molecule has 84 valence electrons.